The van der Waals surface area contributed by atoms with Crippen LogP contribution in [0.2, 0.25) is 0 Å². The molecule has 92 valence electrons. The number of nitrogens with zero attached hydrogens (tertiary/aromatic N) is 1. The van der Waals surface area contributed by atoms with Crippen LogP contribution in [0.15, 0.2) is 24.5 Å². The number of carbonyl (C=O) groups is 1. The van der Waals surface area contributed by atoms with Gasteiger partial charge >= 0.3 is 0 Å². The summed E-state index contributed by atoms with van der Waals surface area (Å²) in [5.74, 6) is 0.706. The zero-order valence-electron chi connectivity index (χ0n) is 10.6. The molecule has 0 unspecified atom stereocenters. The van der Waals surface area contributed by atoms with E-state index >= 15 is 0 Å². The highest BCUT2D eigenvalue weighted by atomic mass is 16.1. The Bertz CT molecular complexity index is 397. The van der Waals surface area contributed by atoms with Crippen LogP contribution in [0.25, 0.3) is 0 Å². The van der Waals surface area contributed by atoms with E-state index < -0.39 is 0 Å². The Labute approximate surface area is 103 Å². The maximum absolute atomic E-state index is 12.0. The van der Waals surface area contributed by atoms with Crippen LogP contribution in [0.4, 0.5) is 0 Å². The molecule has 1 aliphatic rings. The van der Waals surface area contributed by atoms with E-state index in [-0.39, 0.29) is 11.9 Å². The van der Waals surface area contributed by atoms with E-state index in [4.69, 9.17) is 0 Å². The molecule has 0 aromatic carbocycles. The quantitative estimate of drug-likeness (QED) is 0.794. The number of nitrogens with one attached hydrogen (secondary N) is 1. The molecular weight excluding hydrogens is 212 g/mol. The first-order valence-corrected chi connectivity index (χ1v) is 6.43. The highest BCUT2D eigenvalue weighted by Gasteiger charge is 2.23. The van der Waals surface area contributed by atoms with Gasteiger partial charge in [0.15, 0.2) is 12.4 Å². The highest BCUT2D eigenvalue weighted by Crippen LogP contribution is 2.27. The third-order valence-corrected chi connectivity index (χ3v) is 3.67. The molecule has 0 aliphatic heterocycles. The standard InChI is InChI=1S/C14H20N2O/c1-11(12-6-3-4-7-12)15-14(17)13-8-5-9-16(2)10-13/h5,8-12H,3-4,6-7H2,1-2H3/p+1/t11-/m1/s1. The molecule has 1 atom stereocenters. The Kier molecular flexibility index (Phi) is 3.77. The summed E-state index contributed by atoms with van der Waals surface area (Å²) in [4.78, 5) is 12.0. The van der Waals surface area contributed by atoms with Crippen molar-refractivity contribution < 1.29 is 9.36 Å². The predicted octanol–water partition coefficient (Wildman–Crippen LogP) is 1.82. The smallest absolute Gasteiger partial charge is 0.257 e. The molecule has 1 saturated carbocycles. The van der Waals surface area contributed by atoms with Crippen LogP contribution < -0.4 is 9.88 Å². The Morgan fingerprint density at radius 3 is 2.82 bits per heavy atom. The van der Waals surface area contributed by atoms with Crippen molar-refractivity contribution in [3.8, 4) is 0 Å². The van der Waals surface area contributed by atoms with Crippen LogP contribution in [-0.4, -0.2) is 11.9 Å². The SMILES string of the molecule is C[C@@H](NC(=O)c1ccc[n+](C)c1)C1CCCC1. The van der Waals surface area contributed by atoms with Crippen molar-refractivity contribution in [2.75, 3.05) is 0 Å². The Hall–Kier alpha value is -1.38. The fourth-order valence-corrected chi connectivity index (χ4v) is 2.59. The second kappa shape index (κ2) is 5.30. The molecule has 1 aromatic rings. The van der Waals surface area contributed by atoms with Gasteiger partial charge in [0.2, 0.25) is 0 Å². The molecule has 3 nitrogen and oxygen atoms in total. The van der Waals surface area contributed by atoms with Gasteiger partial charge in [-0.15, -0.1) is 0 Å². The van der Waals surface area contributed by atoms with Crippen LogP contribution in [0.1, 0.15) is 43.0 Å². The summed E-state index contributed by atoms with van der Waals surface area (Å²) >= 11 is 0. The van der Waals surface area contributed by atoms with Crippen molar-refractivity contribution in [3.05, 3.63) is 30.1 Å². The van der Waals surface area contributed by atoms with Gasteiger partial charge in [-0.3, -0.25) is 4.79 Å². The molecule has 2 rings (SSSR count). The normalized spacial score (nSPS) is 18.0. The van der Waals surface area contributed by atoms with Gasteiger partial charge < -0.3 is 5.32 Å². The van der Waals surface area contributed by atoms with Crippen LogP contribution in [0.5, 0.6) is 0 Å². The van der Waals surface area contributed by atoms with Gasteiger partial charge in [0.25, 0.3) is 5.91 Å². The largest absolute Gasteiger partial charge is 0.349 e. The molecule has 0 bridgehead atoms. The lowest BCUT2D eigenvalue weighted by Gasteiger charge is -2.19. The number of rotatable bonds is 3. The first kappa shape index (κ1) is 12.1. The maximum Gasteiger partial charge on any atom is 0.257 e. The van der Waals surface area contributed by atoms with Crippen LogP contribution in [0, 0.1) is 5.92 Å². The van der Waals surface area contributed by atoms with E-state index in [1.54, 1.807) is 0 Å². The van der Waals surface area contributed by atoms with Gasteiger partial charge in [0, 0.05) is 12.1 Å². The fourth-order valence-electron chi connectivity index (χ4n) is 2.59. The van der Waals surface area contributed by atoms with Crippen molar-refractivity contribution in [1.82, 2.24) is 5.32 Å². The number of hydrogen-bond donors (Lipinski definition) is 1. The summed E-state index contributed by atoms with van der Waals surface area (Å²) in [6.07, 6.45) is 8.91. The molecule has 17 heavy (non-hydrogen) atoms. The average molecular weight is 233 g/mol. The highest BCUT2D eigenvalue weighted by molar-refractivity contribution is 5.93. The lowest BCUT2D eigenvalue weighted by molar-refractivity contribution is -0.671. The molecule has 1 amide bonds. The van der Waals surface area contributed by atoms with E-state index in [9.17, 15) is 4.79 Å². The lowest BCUT2D eigenvalue weighted by atomic mass is 9.99. The Balaban J connectivity index is 1.96. The molecule has 1 aromatic heterocycles. The number of pyridine rings is 1. The molecule has 0 spiro atoms. The van der Waals surface area contributed by atoms with Gasteiger partial charge in [-0.1, -0.05) is 12.8 Å². The second-order valence-electron chi connectivity index (χ2n) is 5.06. The van der Waals surface area contributed by atoms with Crippen LogP contribution in [0.3, 0.4) is 0 Å². The third kappa shape index (κ3) is 3.05. The minimum atomic E-state index is 0.0422. The van der Waals surface area contributed by atoms with Gasteiger partial charge in [-0.2, -0.15) is 0 Å². The third-order valence-electron chi connectivity index (χ3n) is 3.67. The zero-order chi connectivity index (χ0) is 12.3. The maximum atomic E-state index is 12.0. The Morgan fingerprint density at radius 2 is 2.18 bits per heavy atom. The molecule has 0 radical (unpaired) electrons. The summed E-state index contributed by atoms with van der Waals surface area (Å²) < 4.78 is 1.90. The van der Waals surface area contributed by atoms with E-state index in [0.29, 0.717) is 5.92 Å². The molecule has 1 heterocycles. The fraction of sp³-hybridized carbons (Fsp3) is 0.571. The average Bonchev–Trinajstić information content (AvgIpc) is 2.82. The Morgan fingerprint density at radius 1 is 1.47 bits per heavy atom. The summed E-state index contributed by atoms with van der Waals surface area (Å²) in [7, 11) is 1.93. The van der Waals surface area contributed by atoms with Gasteiger partial charge in [-0.05, 0) is 31.7 Å². The van der Waals surface area contributed by atoms with E-state index in [1.807, 2.05) is 36.1 Å². The summed E-state index contributed by atoms with van der Waals surface area (Å²) in [6.45, 7) is 2.12. The molecule has 1 aliphatic carbocycles. The van der Waals surface area contributed by atoms with Crippen LogP contribution >= 0.6 is 0 Å². The number of carbonyl (C=O) groups excluding carboxylic acids is 1. The lowest BCUT2D eigenvalue weighted by Crippen LogP contribution is -2.38. The number of aryl methyl sites for hydroxylation is 1. The summed E-state index contributed by atoms with van der Waals surface area (Å²) in [6, 6.07) is 4.04. The molecular formula is C14H21N2O+. The molecule has 1 fully saturated rings. The van der Waals surface area contributed by atoms with Gasteiger partial charge in [0.05, 0.1) is 0 Å². The van der Waals surface area contributed by atoms with Crippen molar-refractivity contribution in [2.24, 2.45) is 13.0 Å². The minimum absolute atomic E-state index is 0.0422. The van der Waals surface area contributed by atoms with Crippen molar-refractivity contribution in [2.45, 2.75) is 38.6 Å². The molecule has 3 heteroatoms. The monoisotopic (exact) mass is 233 g/mol. The summed E-state index contributed by atoms with van der Waals surface area (Å²) in [5, 5.41) is 3.11. The van der Waals surface area contributed by atoms with E-state index in [0.717, 1.165) is 5.56 Å². The second-order valence-corrected chi connectivity index (χ2v) is 5.06. The summed E-state index contributed by atoms with van der Waals surface area (Å²) in [5.41, 5.74) is 0.736. The first-order valence-electron chi connectivity index (χ1n) is 6.43. The van der Waals surface area contributed by atoms with Gasteiger partial charge in [0.1, 0.15) is 12.6 Å². The van der Waals surface area contributed by atoms with Crippen molar-refractivity contribution >= 4 is 5.91 Å². The van der Waals surface area contributed by atoms with E-state index in [2.05, 4.69) is 12.2 Å². The van der Waals surface area contributed by atoms with Crippen LogP contribution in [-0.2, 0) is 7.05 Å². The molecule has 1 N–H and O–H groups in total. The zero-order valence-corrected chi connectivity index (χ0v) is 10.6. The van der Waals surface area contributed by atoms with E-state index in [1.165, 1.54) is 25.7 Å². The predicted molar refractivity (Wildman–Crippen MR) is 66.5 cm³/mol. The molecule has 0 saturated heterocycles. The van der Waals surface area contributed by atoms with Crippen molar-refractivity contribution in [1.29, 1.82) is 0 Å². The van der Waals surface area contributed by atoms with Crippen molar-refractivity contribution in [3.63, 3.8) is 0 Å². The number of aromatic nitrogens is 1. The number of amides is 1. The minimum Gasteiger partial charge on any atom is -0.349 e. The van der Waals surface area contributed by atoms with Gasteiger partial charge in [-0.25, -0.2) is 4.57 Å². The topological polar surface area (TPSA) is 33.0 Å². The number of hydrogen-bond acceptors (Lipinski definition) is 1. The first-order chi connectivity index (χ1) is 8.16.